The van der Waals surface area contributed by atoms with Gasteiger partial charge in [-0.05, 0) is 55.7 Å². The number of benzene rings is 2. The summed E-state index contributed by atoms with van der Waals surface area (Å²) in [6, 6.07) is 10.5. The highest BCUT2D eigenvalue weighted by Crippen LogP contribution is 2.33. The summed E-state index contributed by atoms with van der Waals surface area (Å²) < 4.78 is 24.5. The molecule has 1 aliphatic heterocycles. The van der Waals surface area contributed by atoms with Crippen LogP contribution in [0.4, 0.5) is 4.39 Å². The summed E-state index contributed by atoms with van der Waals surface area (Å²) in [6.45, 7) is 5.63. The maximum absolute atomic E-state index is 13.0. The number of halogens is 1. The number of aryl methyl sites for hydroxylation is 1. The number of nitrogens with zero attached hydrogens (tertiary/aromatic N) is 1. The minimum absolute atomic E-state index is 0.226. The van der Waals surface area contributed by atoms with Crippen molar-refractivity contribution in [3.63, 3.8) is 0 Å². The van der Waals surface area contributed by atoms with Gasteiger partial charge in [0.05, 0.1) is 5.56 Å². The summed E-state index contributed by atoms with van der Waals surface area (Å²) >= 11 is 0. The maximum Gasteiger partial charge on any atom is 0.339 e. The molecule has 3 aromatic rings. The molecule has 134 valence electrons. The average Bonchev–Trinajstić information content (AvgIpc) is 2.65. The molecule has 0 amide bonds. The van der Waals surface area contributed by atoms with Crippen LogP contribution in [0.25, 0.3) is 11.0 Å². The Bertz CT molecular complexity index is 1020. The van der Waals surface area contributed by atoms with Gasteiger partial charge in [-0.2, -0.15) is 0 Å². The standard InChI is InChI=1S/C21H20FNO3/c1-13-14(2)21(24)26-20-17(13)7-8-19-18(20)11-23(12-25-19)10-9-15-3-5-16(22)6-4-15/h3-8H,9-12H2,1-2H3. The minimum atomic E-state index is -0.299. The smallest absolute Gasteiger partial charge is 0.339 e. The molecule has 0 radical (unpaired) electrons. The molecule has 1 aliphatic rings. The van der Waals surface area contributed by atoms with Crippen LogP contribution in [-0.4, -0.2) is 18.2 Å². The fraction of sp³-hybridized carbons (Fsp3) is 0.286. The van der Waals surface area contributed by atoms with Crippen LogP contribution in [0, 0.1) is 19.7 Å². The van der Waals surface area contributed by atoms with Gasteiger partial charge < -0.3 is 9.15 Å². The predicted molar refractivity (Wildman–Crippen MR) is 98.0 cm³/mol. The van der Waals surface area contributed by atoms with Crippen molar-refractivity contribution in [1.29, 1.82) is 0 Å². The summed E-state index contributed by atoms with van der Waals surface area (Å²) in [5.74, 6) is 0.540. The lowest BCUT2D eigenvalue weighted by Gasteiger charge is -2.29. The van der Waals surface area contributed by atoms with Crippen molar-refractivity contribution in [2.24, 2.45) is 0 Å². The number of fused-ring (bicyclic) bond motifs is 3. The lowest BCUT2D eigenvalue weighted by Crippen LogP contribution is -2.33. The van der Waals surface area contributed by atoms with E-state index in [0.717, 1.165) is 40.8 Å². The van der Waals surface area contributed by atoms with Crippen LogP contribution in [0.2, 0.25) is 0 Å². The Morgan fingerprint density at radius 3 is 2.62 bits per heavy atom. The third-order valence-corrected chi connectivity index (χ3v) is 5.10. The zero-order valence-electron chi connectivity index (χ0n) is 14.8. The lowest BCUT2D eigenvalue weighted by atomic mass is 10.0. The van der Waals surface area contributed by atoms with E-state index in [2.05, 4.69) is 4.90 Å². The van der Waals surface area contributed by atoms with Crippen molar-refractivity contribution in [1.82, 2.24) is 4.90 Å². The van der Waals surface area contributed by atoms with Crippen molar-refractivity contribution in [2.45, 2.75) is 26.8 Å². The molecular weight excluding hydrogens is 333 g/mol. The predicted octanol–water partition coefficient (Wildman–Crippen LogP) is 3.94. The van der Waals surface area contributed by atoms with Crippen molar-refractivity contribution in [3.8, 4) is 5.75 Å². The first-order valence-corrected chi connectivity index (χ1v) is 8.68. The second-order valence-electron chi connectivity index (χ2n) is 6.76. The first-order valence-electron chi connectivity index (χ1n) is 8.68. The first kappa shape index (κ1) is 16.8. The van der Waals surface area contributed by atoms with Gasteiger partial charge in [0.2, 0.25) is 0 Å². The highest BCUT2D eigenvalue weighted by Gasteiger charge is 2.22. The fourth-order valence-corrected chi connectivity index (χ4v) is 3.34. The second kappa shape index (κ2) is 6.57. The van der Waals surface area contributed by atoms with Crippen molar-refractivity contribution in [3.05, 3.63) is 74.9 Å². The SMILES string of the molecule is Cc1c(C)c2ccc3c(c2oc1=O)CN(CCc1ccc(F)cc1)CO3. The van der Waals surface area contributed by atoms with Crippen molar-refractivity contribution in [2.75, 3.05) is 13.3 Å². The van der Waals surface area contributed by atoms with Gasteiger partial charge in [0, 0.05) is 24.0 Å². The normalized spacial score (nSPS) is 14.3. The van der Waals surface area contributed by atoms with Gasteiger partial charge in [-0.3, -0.25) is 4.90 Å². The second-order valence-corrected chi connectivity index (χ2v) is 6.76. The molecule has 1 aromatic heterocycles. The molecule has 5 heteroatoms. The van der Waals surface area contributed by atoms with E-state index in [0.29, 0.717) is 24.4 Å². The van der Waals surface area contributed by atoms with E-state index < -0.39 is 0 Å². The molecule has 4 nitrogen and oxygen atoms in total. The molecule has 0 bridgehead atoms. The zero-order chi connectivity index (χ0) is 18.3. The topological polar surface area (TPSA) is 42.7 Å². The number of hydrogen-bond donors (Lipinski definition) is 0. The quantitative estimate of drug-likeness (QED) is 0.669. The Hall–Kier alpha value is -2.66. The van der Waals surface area contributed by atoms with Gasteiger partial charge in [-0.15, -0.1) is 0 Å². The number of rotatable bonds is 3. The van der Waals surface area contributed by atoms with E-state index >= 15 is 0 Å². The Morgan fingerprint density at radius 2 is 1.85 bits per heavy atom. The Morgan fingerprint density at radius 1 is 1.08 bits per heavy atom. The molecule has 0 N–H and O–H groups in total. The zero-order valence-corrected chi connectivity index (χ0v) is 14.8. The highest BCUT2D eigenvalue weighted by atomic mass is 19.1. The van der Waals surface area contributed by atoms with Gasteiger partial charge >= 0.3 is 5.63 Å². The van der Waals surface area contributed by atoms with Crippen molar-refractivity contribution < 1.29 is 13.5 Å². The van der Waals surface area contributed by atoms with E-state index in [1.165, 1.54) is 12.1 Å². The Balaban J connectivity index is 1.61. The summed E-state index contributed by atoms with van der Waals surface area (Å²) in [6.07, 6.45) is 0.797. The van der Waals surface area contributed by atoms with Crippen LogP contribution < -0.4 is 10.4 Å². The van der Waals surface area contributed by atoms with Gasteiger partial charge in [-0.1, -0.05) is 12.1 Å². The largest absolute Gasteiger partial charge is 0.478 e. The molecule has 2 aromatic carbocycles. The summed E-state index contributed by atoms with van der Waals surface area (Å²) in [5, 5.41) is 0.949. The molecule has 0 unspecified atom stereocenters. The Kier molecular flexibility index (Phi) is 4.24. The molecular formula is C21H20FNO3. The molecule has 2 heterocycles. The lowest BCUT2D eigenvalue weighted by molar-refractivity contribution is 0.0967. The summed E-state index contributed by atoms with van der Waals surface area (Å²) in [4.78, 5) is 14.3. The highest BCUT2D eigenvalue weighted by molar-refractivity contribution is 5.85. The van der Waals surface area contributed by atoms with Crippen LogP contribution in [0.1, 0.15) is 22.3 Å². The molecule has 0 aliphatic carbocycles. The van der Waals surface area contributed by atoms with Crippen molar-refractivity contribution >= 4 is 11.0 Å². The van der Waals surface area contributed by atoms with Crippen LogP contribution in [0.3, 0.4) is 0 Å². The summed E-state index contributed by atoms with van der Waals surface area (Å²) in [5.41, 5.74) is 3.89. The van der Waals surface area contributed by atoms with Crippen LogP contribution in [0.5, 0.6) is 5.75 Å². The van der Waals surface area contributed by atoms with Gasteiger partial charge in [0.1, 0.15) is 23.9 Å². The molecule has 4 rings (SSSR count). The van der Waals surface area contributed by atoms with Gasteiger partial charge in [0.15, 0.2) is 0 Å². The fourth-order valence-electron chi connectivity index (χ4n) is 3.34. The van der Waals surface area contributed by atoms with Gasteiger partial charge in [-0.25, -0.2) is 9.18 Å². The van der Waals surface area contributed by atoms with E-state index in [1.54, 1.807) is 19.1 Å². The number of ether oxygens (including phenoxy) is 1. The third kappa shape index (κ3) is 2.99. The van der Waals surface area contributed by atoms with Crippen LogP contribution >= 0.6 is 0 Å². The molecule has 0 saturated heterocycles. The van der Waals surface area contributed by atoms with Gasteiger partial charge in [0.25, 0.3) is 0 Å². The van der Waals surface area contributed by atoms with E-state index in [4.69, 9.17) is 9.15 Å². The Labute approximate surface area is 150 Å². The molecule has 26 heavy (non-hydrogen) atoms. The monoisotopic (exact) mass is 353 g/mol. The van der Waals surface area contributed by atoms with Crippen LogP contribution in [-0.2, 0) is 13.0 Å². The van der Waals surface area contributed by atoms with E-state index in [9.17, 15) is 9.18 Å². The van der Waals surface area contributed by atoms with E-state index in [1.807, 2.05) is 19.1 Å². The van der Waals surface area contributed by atoms with E-state index in [-0.39, 0.29) is 11.4 Å². The summed E-state index contributed by atoms with van der Waals surface area (Å²) in [7, 11) is 0. The first-order chi connectivity index (χ1) is 12.5. The molecule has 0 atom stereocenters. The molecule has 0 fully saturated rings. The average molecular weight is 353 g/mol. The third-order valence-electron chi connectivity index (χ3n) is 5.10. The molecule has 0 spiro atoms. The minimum Gasteiger partial charge on any atom is -0.478 e. The maximum atomic E-state index is 13.0. The molecule has 0 saturated carbocycles. The van der Waals surface area contributed by atoms with Crippen LogP contribution in [0.15, 0.2) is 45.6 Å². The number of hydrogen-bond acceptors (Lipinski definition) is 4.